The second kappa shape index (κ2) is 3.26. The van der Waals surface area contributed by atoms with Gasteiger partial charge in [-0.2, -0.15) is 0 Å². The molecule has 1 amide bonds. The molecule has 78 valence electrons. The largest absolute Gasteiger partial charge is 0.481 e. The van der Waals surface area contributed by atoms with E-state index in [4.69, 9.17) is 5.11 Å². The number of aliphatic carboxylic acids is 1. The normalized spacial score (nSPS) is 23.7. The standard InChI is InChI=1S/C10H15NO3/c12-8(13)6-10(4-1-5-10)11-9(14)7-2-3-7/h7H,1-6H2,(H,11,14)(H,12,13). The first kappa shape index (κ1) is 9.49. The van der Waals surface area contributed by atoms with Crippen LogP contribution >= 0.6 is 0 Å². The summed E-state index contributed by atoms with van der Waals surface area (Å²) in [5.74, 6) is -0.590. The molecule has 0 bridgehead atoms. The third-order valence-corrected chi connectivity index (χ3v) is 3.14. The number of carbonyl (C=O) groups is 2. The Bertz CT molecular complexity index is 267. The maximum atomic E-state index is 11.5. The first-order valence-electron chi connectivity index (χ1n) is 5.15. The van der Waals surface area contributed by atoms with Crippen LogP contribution < -0.4 is 5.32 Å². The predicted molar refractivity (Wildman–Crippen MR) is 49.7 cm³/mol. The van der Waals surface area contributed by atoms with Crippen molar-refractivity contribution < 1.29 is 14.7 Å². The highest BCUT2D eigenvalue weighted by molar-refractivity contribution is 5.82. The zero-order valence-corrected chi connectivity index (χ0v) is 8.08. The molecule has 4 heteroatoms. The van der Waals surface area contributed by atoms with Gasteiger partial charge in [0.05, 0.1) is 12.0 Å². The molecule has 2 aliphatic carbocycles. The maximum absolute atomic E-state index is 11.5. The highest BCUT2D eigenvalue weighted by Crippen LogP contribution is 2.37. The van der Waals surface area contributed by atoms with Crippen molar-refractivity contribution in [3.8, 4) is 0 Å². The Morgan fingerprint density at radius 3 is 2.36 bits per heavy atom. The predicted octanol–water partition coefficient (Wildman–Crippen LogP) is 0.910. The van der Waals surface area contributed by atoms with Crippen molar-refractivity contribution in [2.24, 2.45) is 5.92 Å². The first-order valence-corrected chi connectivity index (χ1v) is 5.15. The molecule has 0 spiro atoms. The van der Waals surface area contributed by atoms with E-state index in [0.29, 0.717) is 0 Å². The topological polar surface area (TPSA) is 66.4 Å². The second-order valence-corrected chi connectivity index (χ2v) is 4.47. The van der Waals surface area contributed by atoms with E-state index >= 15 is 0 Å². The fourth-order valence-corrected chi connectivity index (χ4v) is 1.95. The summed E-state index contributed by atoms with van der Waals surface area (Å²) in [7, 11) is 0. The molecule has 2 N–H and O–H groups in total. The third kappa shape index (κ3) is 1.89. The van der Waals surface area contributed by atoms with Gasteiger partial charge in [0.15, 0.2) is 0 Å². The van der Waals surface area contributed by atoms with Crippen molar-refractivity contribution in [1.82, 2.24) is 5.32 Å². The zero-order chi connectivity index (χ0) is 10.2. The molecule has 0 unspecified atom stereocenters. The number of rotatable bonds is 4. The van der Waals surface area contributed by atoms with Gasteiger partial charge in [0.2, 0.25) is 5.91 Å². The number of hydrogen-bond donors (Lipinski definition) is 2. The molecule has 0 atom stereocenters. The monoisotopic (exact) mass is 197 g/mol. The van der Waals surface area contributed by atoms with Crippen molar-refractivity contribution in [2.45, 2.75) is 44.1 Å². The molecule has 2 rings (SSSR count). The van der Waals surface area contributed by atoms with E-state index in [1.54, 1.807) is 0 Å². The number of nitrogens with one attached hydrogen (secondary N) is 1. The van der Waals surface area contributed by atoms with Crippen molar-refractivity contribution in [1.29, 1.82) is 0 Å². The lowest BCUT2D eigenvalue weighted by molar-refractivity contribution is -0.140. The molecule has 0 aromatic heterocycles. The molecule has 2 aliphatic rings. The minimum Gasteiger partial charge on any atom is -0.481 e. The van der Waals surface area contributed by atoms with Crippen molar-refractivity contribution >= 4 is 11.9 Å². The number of hydrogen-bond acceptors (Lipinski definition) is 2. The SMILES string of the molecule is O=C(O)CC1(NC(=O)C2CC2)CCC1. The summed E-state index contributed by atoms with van der Waals surface area (Å²) in [5.41, 5.74) is -0.411. The van der Waals surface area contributed by atoms with Crippen LogP contribution in [0.3, 0.4) is 0 Å². The van der Waals surface area contributed by atoms with Gasteiger partial charge in [0, 0.05) is 5.92 Å². The highest BCUT2D eigenvalue weighted by Gasteiger charge is 2.43. The van der Waals surface area contributed by atoms with Crippen LogP contribution in [0, 0.1) is 5.92 Å². The molecule has 0 saturated heterocycles. The van der Waals surface area contributed by atoms with Gasteiger partial charge < -0.3 is 10.4 Å². The minimum atomic E-state index is -0.819. The van der Waals surface area contributed by atoms with E-state index in [-0.39, 0.29) is 18.2 Å². The Balaban J connectivity index is 1.90. The summed E-state index contributed by atoms with van der Waals surface area (Å²) in [6.45, 7) is 0. The van der Waals surface area contributed by atoms with E-state index in [0.717, 1.165) is 32.1 Å². The zero-order valence-electron chi connectivity index (χ0n) is 8.08. The molecule has 0 aromatic rings. The summed E-state index contributed by atoms with van der Waals surface area (Å²) >= 11 is 0. The van der Waals surface area contributed by atoms with Gasteiger partial charge >= 0.3 is 5.97 Å². The molecule has 2 fully saturated rings. The van der Waals surface area contributed by atoms with Crippen LogP contribution in [0.15, 0.2) is 0 Å². The molecule has 0 aromatic carbocycles. The average molecular weight is 197 g/mol. The molecule has 4 nitrogen and oxygen atoms in total. The lowest BCUT2D eigenvalue weighted by Crippen LogP contribution is -2.55. The summed E-state index contributed by atoms with van der Waals surface area (Å²) in [6, 6.07) is 0. The van der Waals surface area contributed by atoms with E-state index in [9.17, 15) is 9.59 Å². The fraction of sp³-hybridized carbons (Fsp3) is 0.800. The Hall–Kier alpha value is -1.06. The first-order chi connectivity index (χ1) is 6.61. The van der Waals surface area contributed by atoms with Crippen molar-refractivity contribution in [3.63, 3.8) is 0 Å². The summed E-state index contributed by atoms with van der Waals surface area (Å²) < 4.78 is 0. The van der Waals surface area contributed by atoms with E-state index in [1.807, 2.05) is 0 Å². The van der Waals surface area contributed by atoms with Crippen LogP contribution in [0.2, 0.25) is 0 Å². The van der Waals surface area contributed by atoms with Crippen LogP contribution in [0.4, 0.5) is 0 Å². The smallest absolute Gasteiger partial charge is 0.305 e. The maximum Gasteiger partial charge on any atom is 0.305 e. The second-order valence-electron chi connectivity index (χ2n) is 4.47. The lowest BCUT2D eigenvalue weighted by Gasteiger charge is -2.41. The van der Waals surface area contributed by atoms with E-state index in [2.05, 4.69) is 5.32 Å². The molecular formula is C10H15NO3. The quantitative estimate of drug-likeness (QED) is 0.704. The van der Waals surface area contributed by atoms with Gasteiger partial charge in [-0.15, -0.1) is 0 Å². The number of carboxylic acids is 1. The van der Waals surface area contributed by atoms with Crippen LogP contribution in [0.25, 0.3) is 0 Å². The fourth-order valence-electron chi connectivity index (χ4n) is 1.95. The molecule has 0 heterocycles. The van der Waals surface area contributed by atoms with Crippen molar-refractivity contribution in [3.05, 3.63) is 0 Å². The Labute approximate surface area is 82.7 Å². The third-order valence-electron chi connectivity index (χ3n) is 3.14. The van der Waals surface area contributed by atoms with E-state index < -0.39 is 11.5 Å². The van der Waals surface area contributed by atoms with Gasteiger partial charge in [-0.25, -0.2) is 0 Å². The Morgan fingerprint density at radius 1 is 1.36 bits per heavy atom. The summed E-state index contributed by atoms with van der Waals surface area (Å²) in [6.07, 6.45) is 4.67. The van der Waals surface area contributed by atoms with Gasteiger partial charge in [-0.3, -0.25) is 9.59 Å². The molecule has 0 radical (unpaired) electrons. The van der Waals surface area contributed by atoms with Crippen molar-refractivity contribution in [2.75, 3.05) is 0 Å². The Morgan fingerprint density at radius 2 is 2.00 bits per heavy atom. The average Bonchev–Trinajstić information content (AvgIpc) is 2.80. The van der Waals surface area contributed by atoms with Crippen LogP contribution in [-0.4, -0.2) is 22.5 Å². The number of carbonyl (C=O) groups excluding carboxylic acids is 1. The van der Waals surface area contributed by atoms with Gasteiger partial charge in [0.25, 0.3) is 0 Å². The van der Waals surface area contributed by atoms with Gasteiger partial charge in [-0.1, -0.05) is 0 Å². The molecule has 0 aliphatic heterocycles. The molecule has 14 heavy (non-hydrogen) atoms. The summed E-state index contributed by atoms with van der Waals surface area (Å²) in [5, 5.41) is 11.6. The van der Waals surface area contributed by atoms with Gasteiger partial charge in [0.1, 0.15) is 0 Å². The number of amides is 1. The summed E-state index contributed by atoms with van der Waals surface area (Å²) in [4.78, 5) is 22.1. The Kier molecular flexibility index (Phi) is 2.21. The van der Waals surface area contributed by atoms with Crippen LogP contribution in [0.1, 0.15) is 38.5 Å². The van der Waals surface area contributed by atoms with E-state index in [1.165, 1.54) is 0 Å². The number of carboxylic acid groups (broad SMARTS) is 1. The lowest BCUT2D eigenvalue weighted by atomic mass is 9.74. The highest BCUT2D eigenvalue weighted by atomic mass is 16.4. The van der Waals surface area contributed by atoms with Crippen LogP contribution in [0.5, 0.6) is 0 Å². The minimum absolute atomic E-state index is 0.0611. The molecule has 2 saturated carbocycles. The van der Waals surface area contributed by atoms with Gasteiger partial charge in [-0.05, 0) is 32.1 Å². The molecular weight excluding hydrogens is 182 g/mol. The van der Waals surface area contributed by atoms with Crippen LogP contribution in [-0.2, 0) is 9.59 Å².